The van der Waals surface area contributed by atoms with Crippen molar-refractivity contribution in [3.05, 3.63) is 5.51 Å². The fourth-order valence-electron chi connectivity index (χ4n) is 1.27. The van der Waals surface area contributed by atoms with Crippen LogP contribution in [0.1, 0.15) is 12.8 Å². The molecule has 1 aromatic heterocycles. The summed E-state index contributed by atoms with van der Waals surface area (Å²) in [5.41, 5.74) is 1.73. The van der Waals surface area contributed by atoms with Crippen LogP contribution in [0.5, 0.6) is 0 Å². The third kappa shape index (κ3) is 1.92. The first kappa shape index (κ1) is 7.94. The van der Waals surface area contributed by atoms with E-state index in [0.717, 1.165) is 24.8 Å². The van der Waals surface area contributed by atoms with Gasteiger partial charge in [-0.25, -0.2) is 0 Å². The molecule has 1 N–H and O–H groups in total. The smallest absolute Gasteiger partial charge is 0.205 e. The minimum absolute atomic E-state index is 0.423. The Kier molecular flexibility index (Phi) is 2.53. The highest BCUT2D eigenvalue weighted by atomic mass is 32.1. The summed E-state index contributed by atoms with van der Waals surface area (Å²) in [6.45, 7) is 1.69. The molecule has 1 fully saturated rings. The molecule has 1 aliphatic rings. The molecule has 1 unspecified atom stereocenters. The van der Waals surface area contributed by atoms with Gasteiger partial charge in [-0.1, -0.05) is 11.3 Å². The molecule has 1 aromatic rings. The average molecular weight is 185 g/mol. The lowest BCUT2D eigenvalue weighted by Crippen LogP contribution is -2.29. The summed E-state index contributed by atoms with van der Waals surface area (Å²) in [4.78, 5) is 0. The zero-order chi connectivity index (χ0) is 8.23. The van der Waals surface area contributed by atoms with Gasteiger partial charge in [0, 0.05) is 6.61 Å². The van der Waals surface area contributed by atoms with Gasteiger partial charge in [-0.2, -0.15) is 0 Å². The molecule has 5 heteroatoms. The molecule has 1 saturated heterocycles. The van der Waals surface area contributed by atoms with E-state index in [1.165, 1.54) is 17.8 Å². The summed E-state index contributed by atoms with van der Waals surface area (Å²) >= 11 is 1.53. The summed E-state index contributed by atoms with van der Waals surface area (Å²) in [5, 5.41) is 11.8. The second-order valence-corrected chi connectivity index (χ2v) is 3.64. The Morgan fingerprint density at radius 1 is 1.67 bits per heavy atom. The molecule has 0 radical (unpaired) electrons. The van der Waals surface area contributed by atoms with E-state index in [9.17, 15) is 0 Å². The molecule has 2 rings (SSSR count). The molecular formula is C7H11N3OS. The number of nitrogens with zero attached hydrogens (tertiary/aromatic N) is 2. The van der Waals surface area contributed by atoms with E-state index >= 15 is 0 Å². The average Bonchev–Trinajstić information content (AvgIpc) is 2.59. The Morgan fingerprint density at radius 2 is 2.67 bits per heavy atom. The van der Waals surface area contributed by atoms with E-state index in [4.69, 9.17) is 4.74 Å². The van der Waals surface area contributed by atoms with Gasteiger partial charge in [0.05, 0.1) is 12.6 Å². The Labute approximate surface area is 75.0 Å². The van der Waals surface area contributed by atoms with E-state index in [1.807, 2.05) is 0 Å². The Balaban J connectivity index is 1.86. The van der Waals surface area contributed by atoms with Crippen molar-refractivity contribution in [3.63, 3.8) is 0 Å². The molecule has 2 heterocycles. The van der Waals surface area contributed by atoms with Crippen molar-refractivity contribution < 1.29 is 4.74 Å². The summed E-state index contributed by atoms with van der Waals surface area (Å²) in [6, 6.07) is 0.423. The van der Waals surface area contributed by atoms with E-state index in [2.05, 4.69) is 15.5 Å². The predicted octanol–water partition coefficient (Wildman–Crippen LogP) is 1.13. The lowest BCUT2D eigenvalue weighted by molar-refractivity contribution is 0.0876. The summed E-state index contributed by atoms with van der Waals surface area (Å²) in [7, 11) is 0. The summed E-state index contributed by atoms with van der Waals surface area (Å²) in [6.07, 6.45) is 2.30. The van der Waals surface area contributed by atoms with Gasteiger partial charge in [-0.15, -0.1) is 10.2 Å². The van der Waals surface area contributed by atoms with Gasteiger partial charge in [0.25, 0.3) is 0 Å². The van der Waals surface area contributed by atoms with Crippen LogP contribution in [0, 0.1) is 0 Å². The molecule has 0 amide bonds. The maximum atomic E-state index is 5.32. The van der Waals surface area contributed by atoms with Crippen molar-refractivity contribution in [2.75, 3.05) is 18.5 Å². The fraction of sp³-hybridized carbons (Fsp3) is 0.714. The van der Waals surface area contributed by atoms with Crippen LogP contribution in [-0.2, 0) is 4.74 Å². The SMILES string of the molecule is c1nnc(NC2CCCOC2)s1. The third-order valence-corrected chi connectivity index (χ3v) is 2.47. The number of ether oxygens (including phenoxy) is 1. The van der Waals surface area contributed by atoms with Gasteiger partial charge in [-0.05, 0) is 12.8 Å². The third-order valence-electron chi connectivity index (χ3n) is 1.85. The van der Waals surface area contributed by atoms with Crippen molar-refractivity contribution in [2.24, 2.45) is 0 Å². The van der Waals surface area contributed by atoms with Crippen molar-refractivity contribution in [1.29, 1.82) is 0 Å². The van der Waals surface area contributed by atoms with Crippen LogP contribution in [0.3, 0.4) is 0 Å². The van der Waals surface area contributed by atoms with Crippen molar-refractivity contribution >= 4 is 16.5 Å². The van der Waals surface area contributed by atoms with Crippen molar-refractivity contribution in [3.8, 4) is 0 Å². The van der Waals surface area contributed by atoms with E-state index in [-0.39, 0.29) is 0 Å². The van der Waals surface area contributed by atoms with Crippen LogP contribution in [0.4, 0.5) is 5.13 Å². The maximum Gasteiger partial charge on any atom is 0.205 e. The lowest BCUT2D eigenvalue weighted by Gasteiger charge is -2.22. The molecule has 12 heavy (non-hydrogen) atoms. The second-order valence-electron chi connectivity index (χ2n) is 2.80. The molecule has 0 spiro atoms. The Bertz CT molecular complexity index is 221. The van der Waals surface area contributed by atoms with Crippen LogP contribution in [0.2, 0.25) is 0 Å². The van der Waals surface area contributed by atoms with Crippen molar-refractivity contribution in [1.82, 2.24) is 10.2 Å². The number of hydrogen-bond acceptors (Lipinski definition) is 5. The fourth-order valence-corrected chi connectivity index (χ4v) is 1.79. The van der Waals surface area contributed by atoms with E-state index in [0.29, 0.717) is 6.04 Å². The quantitative estimate of drug-likeness (QED) is 0.750. The molecule has 0 aromatic carbocycles. The van der Waals surface area contributed by atoms with E-state index < -0.39 is 0 Å². The standard InChI is InChI=1S/C7H11N3OS/c1-2-6(4-11-3-1)9-7-10-8-5-12-7/h5-6H,1-4H2,(H,9,10). The van der Waals surface area contributed by atoms with Gasteiger partial charge in [0.1, 0.15) is 5.51 Å². The van der Waals surface area contributed by atoms with Gasteiger partial charge in [0.2, 0.25) is 5.13 Å². The zero-order valence-corrected chi connectivity index (χ0v) is 7.51. The first-order valence-corrected chi connectivity index (χ1v) is 4.93. The van der Waals surface area contributed by atoms with Crippen LogP contribution in [-0.4, -0.2) is 29.5 Å². The van der Waals surface area contributed by atoms with Crippen molar-refractivity contribution in [2.45, 2.75) is 18.9 Å². The number of hydrogen-bond donors (Lipinski definition) is 1. The van der Waals surface area contributed by atoms with Crippen LogP contribution in [0.25, 0.3) is 0 Å². The number of rotatable bonds is 2. The molecular weight excluding hydrogens is 174 g/mol. The highest BCUT2D eigenvalue weighted by molar-refractivity contribution is 7.13. The number of aromatic nitrogens is 2. The molecule has 66 valence electrons. The number of anilines is 1. The first-order valence-electron chi connectivity index (χ1n) is 4.05. The highest BCUT2D eigenvalue weighted by Gasteiger charge is 2.13. The lowest BCUT2D eigenvalue weighted by atomic mass is 10.1. The minimum atomic E-state index is 0.423. The van der Waals surface area contributed by atoms with Crippen LogP contribution in [0.15, 0.2) is 5.51 Å². The molecule has 0 bridgehead atoms. The largest absolute Gasteiger partial charge is 0.379 e. The molecule has 4 nitrogen and oxygen atoms in total. The first-order chi connectivity index (χ1) is 5.95. The Hall–Kier alpha value is -0.680. The molecule has 0 saturated carbocycles. The van der Waals surface area contributed by atoms with Crippen LogP contribution < -0.4 is 5.32 Å². The van der Waals surface area contributed by atoms with Gasteiger partial charge >= 0.3 is 0 Å². The summed E-state index contributed by atoms with van der Waals surface area (Å²) < 4.78 is 5.32. The van der Waals surface area contributed by atoms with Gasteiger partial charge in [0.15, 0.2) is 0 Å². The van der Waals surface area contributed by atoms with Gasteiger partial charge < -0.3 is 10.1 Å². The second kappa shape index (κ2) is 3.82. The monoisotopic (exact) mass is 185 g/mol. The molecule has 1 atom stereocenters. The Morgan fingerprint density at radius 3 is 3.33 bits per heavy atom. The molecule has 0 aliphatic carbocycles. The zero-order valence-electron chi connectivity index (χ0n) is 6.69. The minimum Gasteiger partial charge on any atom is -0.379 e. The van der Waals surface area contributed by atoms with E-state index in [1.54, 1.807) is 5.51 Å². The number of nitrogens with one attached hydrogen (secondary N) is 1. The summed E-state index contributed by atoms with van der Waals surface area (Å²) in [5.74, 6) is 0. The van der Waals surface area contributed by atoms with Gasteiger partial charge in [-0.3, -0.25) is 0 Å². The maximum absolute atomic E-state index is 5.32. The molecule has 1 aliphatic heterocycles. The predicted molar refractivity (Wildman–Crippen MR) is 47.4 cm³/mol. The van der Waals surface area contributed by atoms with Crippen LogP contribution >= 0.6 is 11.3 Å². The normalized spacial score (nSPS) is 23.8. The highest BCUT2D eigenvalue weighted by Crippen LogP contribution is 2.14. The topological polar surface area (TPSA) is 47.0 Å².